The van der Waals surface area contributed by atoms with Crippen LogP contribution in [-0.4, -0.2) is 32.3 Å². The minimum absolute atomic E-state index is 0.0216. The van der Waals surface area contributed by atoms with Gasteiger partial charge in [0.2, 0.25) is 5.91 Å². The number of carbonyl (C=O) groups is 1. The van der Waals surface area contributed by atoms with E-state index in [0.29, 0.717) is 30.2 Å². The Bertz CT molecular complexity index is 845. The van der Waals surface area contributed by atoms with Crippen LogP contribution in [0, 0.1) is 24.6 Å². The zero-order chi connectivity index (χ0) is 19.7. The molecule has 1 saturated heterocycles. The monoisotopic (exact) mass is 386 g/mol. The number of pyridine rings is 1. The summed E-state index contributed by atoms with van der Waals surface area (Å²) in [5.74, 6) is 0.256. The molecule has 2 fully saturated rings. The number of halogens is 1. The number of hydroxylamine groups is 2. The molecule has 4 rings (SSSR count). The largest absolute Gasteiger partial charge is 0.273 e. The number of nitrogens with zero attached hydrogens (tertiary/aromatic N) is 4. The lowest BCUT2D eigenvalue weighted by atomic mass is 9.79. The van der Waals surface area contributed by atoms with Crippen molar-refractivity contribution in [3.8, 4) is 0 Å². The number of hydrogen-bond acceptors (Lipinski definition) is 4. The first-order valence-corrected chi connectivity index (χ1v) is 10.1. The average molecular weight is 386 g/mol. The van der Waals surface area contributed by atoms with Gasteiger partial charge in [0.25, 0.3) is 0 Å². The summed E-state index contributed by atoms with van der Waals surface area (Å²) in [6.45, 7) is 2.11. The number of amides is 1. The fraction of sp³-hybridized carbons (Fsp3) is 0.571. The van der Waals surface area contributed by atoms with E-state index in [1.807, 2.05) is 17.9 Å². The van der Waals surface area contributed by atoms with E-state index in [0.717, 1.165) is 32.1 Å². The minimum Gasteiger partial charge on any atom is -0.273 e. The first-order chi connectivity index (χ1) is 13.5. The molecule has 6 nitrogen and oxygen atoms in total. The molecular weight excluding hydrogens is 359 g/mol. The number of hydrogen-bond donors (Lipinski definition) is 0. The summed E-state index contributed by atoms with van der Waals surface area (Å²) >= 11 is 0. The van der Waals surface area contributed by atoms with Gasteiger partial charge in [0.15, 0.2) is 0 Å². The van der Waals surface area contributed by atoms with Crippen LogP contribution in [0.5, 0.6) is 0 Å². The normalized spacial score (nSPS) is 25.2. The smallest absolute Gasteiger partial charge is 0.249 e. The number of rotatable bonds is 4. The van der Waals surface area contributed by atoms with Crippen molar-refractivity contribution in [2.45, 2.75) is 51.5 Å². The molecule has 0 N–H and O–H groups in total. The third-order valence-corrected chi connectivity index (χ3v) is 6.17. The van der Waals surface area contributed by atoms with E-state index in [9.17, 15) is 9.18 Å². The van der Waals surface area contributed by atoms with Crippen molar-refractivity contribution in [1.82, 2.24) is 19.8 Å². The molecule has 1 amide bonds. The fourth-order valence-electron chi connectivity index (χ4n) is 4.38. The topological polar surface area (TPSA) is 60.2 Å². The van der Waals surface area contributed by atoms with Gasteiger partial charge in [-0.25, -0.2) is 9.45 Å². The highest BCUT2D eigenvalue weighted by atomic mass is 19.1. The van der Waals surface area contributed by atoms with E-state index in [2.05, 4.69) is 16.1 Å². The van der Waals surface area contributed by atoms with Gasteiger partial charge in [-0.2, -0.15) is 5.10 Å². The Hall–Kier alpha value is -2.28. The molecule has 0 unspecified atom stereocenters. The summed E-state index contributed by atoms with van der Waals surface area (Å²) in [6.07, 6.45) is 8.96. The van der Waals surface area contributed by atoms with Gasteiger partial charge in [-0.3, -0.25) is 19.3 Å². The SMILES string of the molecule is Cc1ncc([C@@H]2CCON2C(=O)[C@H]2CC[C@H](Cc3ccnn3C)CC2)cc1F. The molecule has 150 valence electrons. The van der Waals surface area contributed by atoms with Crippen LogP contribution in [0.25, 0.3) is 0 Å². The second-order valence-electron chi connectivity index (χ2n) is 8.01. The Morgan fingerprint density at radius 2 is 2.07 bits per heavy atom. The van der Waals surface area contributed by atoms with E-state index in [1.54, 1.807) is 13.1 Å². The molecule has 1 aliphatic carbocycles. The van der Waals surface area contributed by atoms with Crippen LogP contribution >= 0.6 is 0 Å². The summed E-state index contributed by atoms with van der Waals surface area (Å²) in [4.78, 5) is 22.8. The Labute approximate surface area is 164 Å². The third kappa shape index (κ3) is 3.81. The lowest BCUT2D eigenvalue weighted by molar-refractivity contribution is -0.183. The molecule has 0 spiro atoms. The van der Waals surface area contributed by atoms with Gasteiger partial charge in [-0.05, 0) is 62.6 Å². The molecule has 1 aliphatic heterocycles. The van der Waals surface area contributed by atoms with Gasteiger partial charge in [0.1, 0.15) is 5.82 Å². The Balaban J connectivity index is 1.37. The molecule has 0 bridgehead atoms. The Kier molecular flexibility index (Phi) is 5.44. The van der Waals surface area contributed by atoms with Crippen LogP contribution in [0.15, 0.2) is 24.5 Å². The third-order valence-electron chi connectivity index (χ3n) is 6.17. The molecule has 0 radical (unpaired) electrons. The molecule has 1 saturated carbocycles. The highest BCUT2D eigenvalue weighted by Crippen LogP contribution is 2.37. The molecule has 7 heteroatoms. The van der Waals surface area contributed by atoms with Crippen molar-refractivity contribution in [2.75, 3.05) is 6.61 Å². The fourth-order valence-corrected chi connectivity index (χ4v) is 4.38. The maximum atomic E-state index is 13.9. The van der Waals surface area contributed by atoms with Crippen molar-refractivity contribution < 1.29 is 14.0 Å². The average Bonchev–Trinajstić information content (AvgIpc) is 3.34. The molecule has 2 aromatic heterocycles. The number of aromatic nitrogens is 3. The van der Waals surface area contributed by atoms with Gasteiger partial charge >= 0.3 is 0 Å². The molecule has 1 atom stereocenters. The summed E-state index contributed by atoms with van der Waals surface area (Å²) in [5.41, 5.74) is 2.32. The van der Waals surface area contributed by atoms with Gasteiger partial charge < -0.3 is 0 Å². The minimum atomic E-state index is -0.340. The lowest BCUT2D eigenvalue weighted by Gasteiger charge is -2.32. The van der Waals surface area contributed by atoms with E-state index in [1.165, 1.54) is 16.8 Å². The first kappa shape index (κ1) is 19.1. The van der Waals surface area contributed by atoms with E-state index in [4.69, 9.17) is 4.84 Å². The predicted molar refractivity (Wildman–Crippen MR) is 101 cm³/mol. The summed E-state index contributed by atoms with van der Waals surface area (Å²) in [7, 11) is 1.97. The van der Waals surface area contributed by atoms with Crippen LogP contribution in [0.4, 0.5) is 4.39 Å². The molecule has 0 aromatic carbocycles. The summed E-state index contributed by atoms with van der Waals surface area (Å²) < 4.78 is 15.9. The molecular formula is C21H27FN4O2. The van der Waals surface area contributed by atoms with Crippen molar-refractivity contribution in [3.63, 3.8) is 0 Å². The second-order valence-corrected chi connectivity index (χ2v) is 8.01. The van der Waals surface area contributed by atoms with Crippen molar-refractivity contribution >= 4 is 5.91 Å². The Morgan fingerprint density at radius 3 is 2.75 bits per heavy atom. The quantitative estimate of drug-likeness (QED) is 0.807. The number of carbonyl (C=O) groups excluding carboxylic acids is 1. The van der Waals surface area contributed by atoms with Crippen LogP contribution in [-0.2, 0) is 23.1 Å². The summed E-state index contributed by atoms with van der Waals surface area (Å²) in [6, 6.07) is 3.30. The zero-order valence-electron chi connectivity index (χ0n) is 16.5. The van der Waals surface area contributed by atoms with E-state index < -0.39 is 0 Å². The molecule has 2 aliphatic rings. The highest BCUT2D eigenvalue weighted by molar-refractivity contribution is 5.78. The maximum Gasteiger partial charge on any atom is 0.249 e. The lowest BCUT2D eigenvalue weighted by Crippen LogP contribution is -2.37. The predicted octanol–water partition coefficient (Wildman–Crippen LogP) is 3.52. The highest BCUT2D eigenvalue weighted by Gasteiger charge is 2.37. The van der Waals surface area contributed by atoms with E-state index in [-0.39, 0.29) is 23.7 Å². The molecule has 28 heavy (non-hydrogen) atoms. The van der Waals surface area contributed by atoms with Crippen molar-refractivity contribution in [1.29, 1.82) is 0 Å². The summed E-state index contributed by atoms with van der Waals surface area (Å²) in [5, 5.41) is 5.72. The Morgan fingerprint density at radius 1 is 1.29 bits per heavy atom. The maximum absolute atomic E-state index is 13.9. The van der Waals surface area contributed by atoms with Crippen LogP contribution < -0.4 is 0 Å². The first-order valence-electron chi connectivity index (χ1n) is 10.1. The van der Waals surface area contributed by atoms with Gasteiger partial charge in [-0.15, -0.1) is 0 Å². The zero-order valence-corrected chi connectivity index (χ0v) is 16.5. The molecule has 2 aromatic rings. The molecule has 3 heterocycles. The van der Waals surface area contributed by atoms with Gasteiger partial charge in [0.05, 0.1) is 18.3 Å². The standard InChI is InChI=1S/C21H27FN4O2/c1-14-19(22)12-17(13-23-14)20-8-10-28-26(20)21(27)16-5-3-15(4-6-16)11-18-7-9-24-25(18)2/h7,9,12-13,15-16,20H,3-6,8,10-11H2,1-2H3/t15-,16-,20-/m0/s1. The van der Waals surface area contributed by atoms with Gasteiger partial charge in [0, 0.05) is 37.5 Å². The van der Waals surface area contributed by atoms with E-state index >= 15 is 0 Å². The van der Waals surface area contributed by atoms with Crippen molar-refractivity contribution in [3.05, 3.63) is 47.3 Å². The second kappa shape index (κ2) is 7.99. The van der Waals surface area contributed by atoms with Crippen LogP contribution in [0.1, 0.15) is 55.1 Å². The van der Waals surface area contributed by atoms with Crippen molar-refractivity contribution in [2.24, 2.45) is 18.9 Å². The van der Waals surface area contributed by atoms with Crippen LogP contribution in [0.2, 0.25) is 0 Å². The van der Waals surface area contributed by atoms with Crippen LogP contribution in [0.3, 0.4) is 0 Å². The van der Waals surface area contributed by atoms with Gasteiger partial charge in [-0.1, -0.05) is 0 Å². The number of aryl methyl sites for hydroxylation is 2.